The Kier molecular flexibility index (Phi) is 6.03. The van der Waals surface area contributed by atoms with E-state index in [9.17, 15) is 0 Å². The van der Waals surface area contributed by atoms with E-state index in [1.807, 2.05) is 0 Å². The average molecular weight is 428 g/mol. The predicted molar refractivity (Wildman–Crippen MR) is 83.2 cm³/mol. The molecule has 0 aliphatic rings. The number of halogens is 3. The van der Waals surface area contributed by atoms with Crippen LogP contribution in [0.3, 0.4) is 0 Å². The summed E-state index contributed by atoms with van der Waals surface area (Å²) in [6.07, 6.45) is 3.23. The molecule has 5 heteroatoms. The lowest BCUT2D eigenvalue weighted by atomic mass is 10.1. The Bertz CT molecular complexity index is 401. The van der Waals surface area contributed by atoms with Gasteiger partial charge in [0.05, 0.1) is 0 Å². The second kappa shape index (κ2) is 6.81. The highest BCUT2D eigenvalue weighted by molar-refractivity contribution is 9.11. The van der Waals surface area contributed by atoms with Crippen LogP contribution in [0.2, 0.25) is 0 Å². The first-order chi connectivity index (χ1) is 8.08. The third-order valence-corrected chi connectivity index (χ3v) is 5.16. The molecular weight excluding hydrogens is 414 g/mol. The standard InChI is InChI=1S/C12H14Br3NO/c1-4-7-9(13)8(5-2)11(15)12(10(7)14)16-17-6-3/h6,16H,3-5H2,1-2H3. The van der Waals surface area contributed by atoms with Crippen LogP contribution >= 0.6 is 47.8 Å². The zero-order valence-corrected chi connectivity index (χ0v) is 14.5. The number of anilines is 1. The van der Waals surface area contributed by atoms with Crippen molar-refractivity contribution in [3.05, 3.63) is 37.4 Å². The largest absolute Gasteiger partial charge is 0.391 e. The minimum absolute atomic E-state index is 0.891. The summed E-state index contributed by atoms with van der Waals surface area (Å²) in [6.45, 7) is 7.76. The van der Waals surface area contributed by atoms with E-state index in [2.05, 4.69) is 73.7 Å². The fraction of sp³-hybridized carbons (Fsp3) is 0.333. The van der Waals surface area contributed by atoms with E-state index in [1.54, 1.807) is 0 Å². The van der Waals surface area contributed by atoms with Gasteiger partial charge in [0, 0.05) is 13.4 Å². The van der Waals surface area contributed by atoms with Crippen LogP contribution in [-0.2, 0) is 17.7 Å². The van der Waals surface area contributed by atoms with Gasteiger partial charge in [-0.1, -0.05) is 36.4 Å². The molecule has 0 radical (unpaired) electrons. The summed E-state index contributed by atoms with van der Waals surface area (Å²) >= 11 is 10.9. The van der Waals surface area contributed by atoms with Crippen LogP contribution in [0.15, 0.2) is 26.3 Å². The van der Waals surface area contributed by atoms with Crippen LogP contribution in [-0.4, -0.2) is 0 Å². The molecular formula is C12H14Br3NO. The maximum atomic E-state index is 5.06. The van der Waals surface area contributed by atoms with Gasteiger partial charge in [0.2, 0.25) is 0 Å². The van der Waals surface area contributed by atoms with Gasteiger partial charge in [0.1, 0.15) is 11.9 Å². The minimum Gasteiger partial charge on any atom is -0.391 e. The van der Waals surface area contributed by atoms with Crippen LogP contribution < -0.4 is 5.48 Å². The van der Waals surface area contributed by atoms with Gasteiger partial charge in [-0.25, -0.2) is 5.48 Å². The second-order valence-electron chi connectivity index (χ2n) is 3.37. The molecule has 0 unspecified atom stereocenters. The Hall–Kier alpha value is -0.000000000000000111. The van der Waals surface area contributed by atoms with Gasteiger partial charge in [0.25, 0.3) is 0 Å². The zero-order chi connectivity index (χ0) is 13.0. The second-order valence-corrected chi connectivity index (χ2v) is 5.75. The molecule has 0 heterocycles. The number of benzene rings is 1. The van der Waals surface area contributed by atoms with Crippen molar-refractivity contribution in [3.63, 3.8) is 0 Å². The topological polar surface area (TPSA) is 21.3 Å². The molecule has 1 N–H and O–H groups in total. The highest BCUT2D eigenvalue weighted by Crippen LogP contribution is 2.42. The van der Waals surface area contributed by atoms with Gasteiger partial charge in [0.15, 0.2) is 0 Å². The van der Waals surface area contributed by atoms with E-state index >= 15 is 0 Å². The number of rotatable bonds is 5. The molecule has 0 amide bonds. The van der Waals surface area contributed by atoms with Crippen molar-refractivity contribution in [2.24, 2.45) is 0 Å². The lowest BCUT2D eigenvalue weighted by molar-refractivity contribution is 0.330. The van der Waals surface area contributed by atoms with Gasteiger partial charge in [-0.15, -0.1) is 0 Å². The number of hydrogen-bond acceptors (Lipinski definition) is 2. The number of hydrogen-bond donors (Lipinski definition) is 1. The quantitative estimate of drug-likeness (QED) is 0.488. The van der Waals surface area contributed by atoms with Crippen molar-refractivity contribution >= 4 is 53.5 Å². The first-order valence-corrected chi connectivity index (χ1v) is 7.67. The minimum atomic E-state index is 0.891. The van der Waals surface area contributed by atoms with E-state index < -0.39 is 0 Å². The molecule has 0 bridgehead atoms. The summed E-state index contributed by atoms with van der Waals surface area (Å²) < 4.78 is 3.14. The Morgan fingerprint density at radius 1 is 1.06 bits per heavy atom. The van der Waals surface area contributed by atoms with E-state index in [1.165, 1.54) is 17.4 Å². The predicted octanol–water partition coefficient (Wildman–Crippen LogP) is 5.59. The molecule has 0 spiro atoms. The molecule has 0 saturated heterocycles. The molecule has 94 valence electrons. The normalized spacial score (nSPS) is 10.2. The van der Waals surface area contributed by atoms with Crippen molar-refractivity contribution in [1.29, 1.82) is 0 Å². The van der Waals surface area contributed by atoms with E-state index in [4.69, 9.17) is 4.84 Å². The van der Waals surface area contributed by atoms with Gasteiger partial charge in [-0.05, 0) is 55.8 Å². The fourth-order valence-electron chi connectivity index (χ4n) is 1.58. The van der Waals surface area contributed by atoms with Crippen molar-refractivity contribution in [2.45, 2.75) is 26.7 Å². The van der Waals surface area contributed by atoms with Gasteiger partial charge < -0.3 is 4.84 Å². The van der Waals surface area contributed by atoms with Gasteiger partial charge in [-0.2, -0.15) is 0 Å². The van der Waals surface area contributed by atoms with E-state index in [0.29, 0.717) is 0 Å². The maximum absolute atomic E-state index is 5.06. The Morgan fingerprint density at radius 2 is 1.53 bits per heavy atom. The van der Waals surface area contributed by atoms with Crippen LogP contribution in [0, 0.1) is 0 Å². The first-order valence-electron chi connectivity index (χ1n) is 5.29. The lowest BCUT2D eigenvalue weighted by Gasteiger charge is -2.18. The average Bonchev–Trinajstić information content (AvgIpc) is 2.30. The fourth-order valence-corrected chi connectivity index (χ4v) is 4.85. The summed E-state index contributed by atoms with van der Waals surface area (Å²) in [5.74, 6) is 0. The van der Waals surface area contributed by atoms with E-state index in [-0.39, 0.29) is 0 Å². The molecule has 0 aliphatic heterocycles. The van der Waals surface area contributed by atoms with E-state index in [0.717, 1.165) is 31.9 Å². The molecule has 0 saturated carbocycles. The molecule has 2 nitrogen and oxygen atoms in total. The smallest absolute Gasteiger partial charge is 0.112 e. The highest BCUT2D eigenvalue weighted by atomic mass is 79.9. The lowest BCUT2D eigenvalue weighted by Crippen LogP contribution is -2.03. The van der Waals surface area contributed by atoms with Gasteiger partial charge in [-0.3, -0.25) is 0 Å². The zero-order valence-electron chi connectivity index (χ0n) is 9.74. The van der Waals surface area contributed by atoms with Crippen LogP contribution in [0.4, 0.5) is 5.69 Å². The number of nitrogens with one attached hydrogen (secondary N) is 1. The summed E-state index contributed by atoms with van der Waals surface area (Å²) in [5, 5.41) is 0. The van der Waals surface area contributed by atoms with Crippen molar-refractivity contribution in [3.8, 4) is 0 Å². The third kappa shape index (κ3) is 3.06. The molecule has 1 rings (SSSR count). The summed E-state index contributed by atoms with van der Waals surface area (Å²) in [7, 11) is 0. The molecule has 1 aromatic carbocycles. The van der Waals surface area contributed by atoms with Crippen LogP contribution in [0.5, 0.6) is 0 Å². The SMILES string of the molecule is C=CONc1c(Br)c(CC)c(Br)c(CC)c1Br. The molecule has 17 heavy (non-hydrogen) atoms. The molecule has 0 atom stereocenters. The van der Waals surface area contributed by atoms with Crippen LogP contribution in [0.1, 0.15) is 25.0 Å². The Balaban J connectivity index is 3.42. The van der Waals surface area contributed by atoms with Crippen LogP contribution in [0.25, 0.3) is 0 Å². The first kappa shape index (κ1) is 15.1. The summed E-state index contributed by atoms with van der Waals surface area (Å²) in [5.41, 5.74) is 6.21. The maximum Gasteiger partial charge on any atom is 0.112 e. The van der Waals surface area contributed by atoms with Crippen molar-refractivity contribution in [2.75, 3.05) is 5.48 Å². The van der Waals surface area contributed by atoms with Gasteiger partial charge >= 0.3 is 0 Å². The van der Waals surface area contributed by atoms with Crippen molar-refractivity contribution < 1.29 is 4.84 Å². The molecule has 0 aromatic heterocycles. The third-order valence-electron chi connectivity index (χ3n) is 2.45. The summed E-state index contributed by atoms with van der Waals surface area (Å²) in [6, 6.07) is 0. The van der Waals surface area contributed by atoms with Crippen molar-refractivity contribution in [1.82, 2.24) is 0 Å². The Labute approximate surface area is 127 Å². The summed E-state index contributed by atoms with van der Waals surface area (Å²) in [4.78, 5) is 5.06. The molecule has 0 aliphatic carbocycles. The monoisotopic (exact) mass is 425 g/mol. The molecule has 0 fully saturated rings. The Morgan fingerprint density at radius 3 is 1.88 bits per heavy atom. The molecule has 1 aromatic rings. The highest BCUT2D eigenvalue weighted by Gasteiger charge is 2.18.